The van der Waals surface area contributed by atoms with Crippen molar-refractivity contribution >= 4 is 54.3 Å². The molecule has 0 saturated carbocycles. The number of aromatic nitrogens is 3. The minimum absolute atomic E-state index is 0.647. The lowest BCUT2D eigenvalue weighted by molar-refractivity contribution is 0.669. The number of para-hydroxylation sites is 1. The Morgan fingerprint density at radius 1 is 0.306 bits per heavy atom. The van der Waals surface area contributed by atoms with Gasteiger partial charge in [-0.3, -0.25) is 0 Å². The minimum Gasteiger partial charge on any atom is -0.456 e. The molecule has 0 N–H and O–H groups in total. The number of furan rings is 1. The van der Waals surface area contributed by atoms with Crippen LogP contribution in [0.1, 0.15) is 0 Å². The molecule has 228 valence electrons. The molecule has 2 aromatic heterocycles. The lowest BCUT2D eigenvalue weighted by atomic mass is 9.90. The van der Waals surface area contributed by atoms with Crippen LogP contribution >= 0.6 is 0 Å². The Labute approximate surface area is 282 Å². The number of nitrogens with zero attached hydrogens (tertiary/aromatic N) is 3. The van der Waals surface area contributed by atoms with Crippen LogP contribution < -0.4 is 0 Å². The highest BCUT2D eigenvalue weighted by Crippen LogP contribution is 2.41. The van der Waals surface area contributed by atoms with E-state index in [9.17, 15) is 0 Å². The molecule has 10 aromatic rings. The minimum atomic E-state index is 0.647. The van der Waals surface area contributed by atoms with Crippen LogP contribution in [0.4, 0.5) is 0 Å². The van der Waals surface area contributed by atoms with Gasteiger partial charge >= 0.3 is 0 Å². The molecule has 8 aromatic carbocycles. The molecule has 0 bridgehead atoms. The second-order valence-electron chi connectivity index (χ2n) is 12.4. The van der Waals surface area contributed by atoms with Crippen molar-refractivity contribution in [1.29, 1.82) is 0 Å². The highest BCUT2D eigenvalue weighted by Gasteiger charge is 2.17. The quantitative estimate of drug-likeness (QED) is 0.183. The zero-order chi connectivity index (χ0) is 32.3. The third-order valence-corrected chi connectivity index (χ3v) is 9.53. The van der Waals surface area contributed by atoms with Gasteiger partial charge in [-0.2, -0.15) is 0 Å². The Morgan fingerprint density at radius 2 is 0.857 bits per heavy atom. The second kappa shape index (κ2) is 11.0. The zero-order valence-electron chi connectivity index (χ0n) is 26.3. The average molecular weight is 626 g/mol. The Morgan fingerprint density at radius 3 is 1.59 bits per heavy atom. The first-order chi connectivity index (χ1) is 24.3. The molecule has 0 aliphatic carbocycles. The van der Waals surface area contributed by atoms with Gasteiger partial charge in [0.1, 0.15) is 11.2 Å². The van der Waals surface area contributed by atoms with Crippen molar-refractivity contribution in [2.75, 3.05) is 0 Å². The Hall–Kier alpha value is -6.65. The van der Waals surface area contributed by atoms with Gasteiger partial charge in [0, 0.05) is 27.5 Å². The van der Waals surface area contributed by atoms with Crippen molar-refractivity contribution in [1.82, 2.24) is 15.0 Å². The molecule has 10 rings (SSSR count). The third kappa shape index (κ3) is 4.49. The summed E-state index contributed by atoms with van der Waals surface area (Å²) in [5.41, 5.74) is 7.03. The topological polar surface area (TPSA) is 51.8 Å². The zero-order valence-corrected chi connectivity index (χ0v) is 26.3. The molecule has 49 heavy (non-hydrogen) atoms. The fourth-order valence-corrected chi connectivity index (χ4v) is 7.20. The summed E-state index contributed by atoms with van der Waals surface area (Å²) in [6.45, 7) is 0. The maximum atomic E-state index is 6.29. The van der Waals surface area contributed by atoms with Crippen molar-refractivity contribution in [2.24, 2.45) is 0 Å². The number of hydrogen-bond acceptors (Lipinski definition) is 4. The lowest BCUT2D eigenvalue weighted by Crippen LogP contribution is -2.00. The van der Waals surface area contributed by atoms with E-state index in [2.05, 4.69) is 91.0 Å². The fourth-order valence-electron chi connectivity index (χ4n) is 7.20. The predicted molar refractivity (Wildman–Crippen MR) is 201 cm³/mol. The molecule has 0 aliphatic rings. The molecule has 4 nitrogen and oxygen atoms in total. The number of hydrogen-bond donors (Lipinski definition) is 0. The summed E-state index contributed by atoms with van der Waals surface area (Å²) >= 11 is 0. The van der Waals surface area contributed by atoms with E-state index in [1.807, 2.05) is 72.8 Å². The Balaban J connectivity index is 1.17. The Kier molecular flexibility index (Phi) is 6.15. The van der Waals surface area contributed by atoms with Crippen LogP contribution in [0.5, 0.6) is 0 Å². The number of fused-ring (bicyclic) bond motifs is 7. The number of benzene rings is 8. The number of rotatable bonds is 4. The average Bonchev–Trinajstić information content (AvgIpc) is 3.54. The molecule has 0 atom stereocenters. The van der Waals surface area contributed by atoms with Crippen LogP contribution in [0.3, 0.4) is 0 Å². The molecular formula is C45H27N3O. The highest BCUT2D eigenvalue weighted by molar-refractivity contribution is 6.19. The first kappa shape index (κ1) is 27.5. The van der Waals surface area contributed by atoms with Crippen molar-refractivity contribution in [3.05, 3.63) is 164 Å². The van der Waals surface area contributed by atoms with Gasteiger partial charge < -0.3 is 4.42 Å². The molecule has 0 saturated heterocycles. The van der Waals surface area contributed by atoms with Gasteiger partial charge in [0.2, 0.25) is 0 Å². The summed E-state index contributed by atoms with van der Waals surface area (Å²) in [5.74, 6) is 1.95. The summed E-state index contributed by atoms with van der Waals surface area (Å²) in [6.07, 6.45) is 0. The molecule has 0 aliphatic heterocycles. The van der Waals surface area contributed by atoms with Crippen molar-refractivity contribution in [3.63, 3.8) is 0 Å². The maximum Gasteiger partial charge on any atom is 0.164 e. The standard InChI is InChI=1S/C45H27N3O/c1-3-12-28(13-4-1)43-46-44(29-14-5-2-6-15-29)48-45(47-43)38-25-24-36(31-16-7-8-17-33(31)38)32-19-11-20-34-35(32)23-22-30-26-40-37-18-9-10-21-41(37)49-42(40)27-39(30)34/h1-27H. The van der Waals surface area contributed by atoms with Crippen molar-refractivity contribution < 1.29 is 4.42 Å². The van der Waals surface area contributed by atoms with E-state index in [4.69, 9.17) is 19.4 Å². The van der Waals surface area contributed by atoms with E-state index in [0.29, 0.717) is 17.5 Å². The third-order valence-electron chi connectivity index (χ3n) is 9.53. The SMILES string of the molecule is c1ccc(-c2nc(-c3ccccc3)nc(-c3ccc(-c4cccc5c4ccc4cc6c(cc45)oc4ccccc46)c4ccccc34)n2)cc1. The molecule has 0 spiro atoms. The lowest BCUT2D eigenvalue weighted by Gasteiger charge is -2.15. The van der Waals surface area contributed by atoms with Gasteiger partial charge in [-0.1, -0.05) is 140 Å². The van der Waals surface area contributed by atoms with E-state index < -0.39 is 0 Å². The van der Waals surface area contributed by atoms with Crippen LogP contribution in [0.25, 0.3) is 99.5 Å². The van der Waals surface area contributed by atoms with E-state index >= 15 is 0 Å². The van der Waals surface area contributed by atoms with Crippen LogP contribution in [-0.4, -0.2) is 15.0 Å². The van der Waals surface area contributed by atoms with Gasteiger partial charge in [0.15, 0.2) is 17.5 Å². The summed E-state index contributed by atoms with van der Waals surface area (Å²) in [5, 5.41) is 9.29. The van der Waals surface area contributed by atoms with Gasteiger partial charge in [-0.05, 0) is 67.7 Å². The van der Waals surface area contributed by atoms with Crippen LogP contribution in [-0.2, 0) is 0 Å². The molecule has 2 heterocycles. The molecule has 0 fully saturated rings. The molecule has 4 heteroatoms. The van der Waals surface area contributed by atoms with E-state index in [1.165, 1.54) is 27.1 Å². The normalized spacial score (nSPS) is 11.7. The fraction of sp³-hybridized carbons (Fsp3) is 0. The van der Waals surface area contributed by atoms with Crippen LogP contribution in [0.2, 0.25) is 0 Å². The summed E-state index contributed by atoms with van der Waals surface area (Å²) < 4.78 is 6.29. The summed E-state index contributed by atoms with van der Waals surface area (Å²) in [7, 11) is 0. The summed E-state index contributed by atoms with van der Waals surface area (Å²) in [6, 6.07) is 56.9. The van der Waals surface area contributed by atoms with E-state index in [1.54, 1.807) is 0 Å². The maximum absolute atomic E-state index is 6.29. The van der Waals surface area contributed by atoms with Gasteiger partial charge in [-0.25, -0.2) is 15.0 Å². The van der Waals surface area contributed by atoms with Crippen molar-refractivity contribution in [3.8, 4) is 45.3 Å². The van der Waals surface area contributed by atoms with Crippen molar-refractivity contribution in [2.45, 2.75) is 0 Å². The molecular weight excluding hydrogens is 599 g/mol. The monoisotopic (exact) mass is 625 g/mol. The molecule has 0 unspecified atom stereocenters. The second-order valence-corrected chi connectivity index (χ2v) is 12.4. The van der Waals surface area contributed by atoms with E-state index in [-0.39, 0.29) is 0 Å². The molecule has 0 radical (unpaired) electrons. The highest BCUT2D eigenvalue weighted by atomic mass is 16.3. The van der Waals surface area contributed by atoms with Gasteiger partial charge in [-0.15, -0.1) is 0 Å². The largest absolute Gasteiger partial charge is 0.456 e. The van der Waals surface area contributed by atoms with Crippen LogP contribution in [0, 0.1) is 0 Å². The van der Waals surface area contributed by atoms with E-state index in [0.717, 1.165) is 55.0 Å². The first-order valence-corrected chi connectivity index (χ1v) is 16.4. The van der Waals surface area contributed by atoms with Gasteiger partial charge in [0.05, 0.1) is 0 Å². The Bertz CT molecular complexity index is 2820. The smallest absolute Gasteiger partial charge is 0.164 e. The van der Waals surface area contributed by atoms with Gasteiger partial charge in [0.25, 0.3) is 0 Å². The summed E-state index contributed by atoms with van der Waals surface area (Å²) in [4.78, 5) is 15.0. The molecule has 0 amide bonds. The predicted octanol–water partition coefficient (Wildman–Crippen LogP) is 11.9. The van der Waals surface area contributed by atoms with Crippen LogP contribution in [0.15, 0.2) is 168 Å². The first-order valence-electron chi connectivity index (χ1n) is 16.4.